The lowest BCUT2D eigenvalue weighted by atomic mass is 10.0. The topological polar surface area (TPSA) is 61.8 Å². The maximum atomic E-state index is 12.6. The summed E-state index contributed by atoms with van der Waals surface area (Å²) < 4.78 is 17.1. The Morgan fingerprint density at radius 2 is 0.872 bits per heavy atom. The van der Waals surface area contributed by atoms with E-state index in [-0.39, 0.29) is 25.2 Å². The summed E-state index contributed by atoms with van der Waals surface area (Å²) in [5, 5.41) is 0. The average Bonchev–Trinajstić information content (AvgIpc) is 3.08. The van der Waals surface area contributed by atoms with E-state index < -0.39 is 6.10 Å². The molecule has 0 aliphatic heterocycles. The highest BCUT2D eigenvalue weighted by atomic mass is 16.6. The summed E-state index contributed by atoms with van der Waals surface area (Å²) in [5.74, 6) is -0.442. The van der Waals surface area contributed by atoms with Gasteiger partial charge in [0.15, 0.2) is 6.10 Å². The minimum absolute atomic E-state index is 0.0520. The number of rotatable bonds is 35. The maximum absolute atomic E-state index is 12.6. The third kappa shape index (κ3) is 30.0. The SMILES string of the molecule is CCCCCCCCCCCCCCCC(=O)OC[C@H](COCc1ccccc1)OC(=O)CCCCCCCCCCCCCCC. The van der Waals surface area contributed by atoms with Crippen LogP contribution in [0.4, 0.5) is 0 Å². The van der Waals surface area contributed by atoms with Crippen LogP contribution in [0.1, 0.15) is 199 Å². The summed E-state index contributed by atoms with van der Waals surface area (Å²) in [6.45, 7) is 5.23. The lowest BCUT2D eigenvalue weighted by molar-refractivity contribution is -0.163. The number of benzene rings is 1. The van der Waals surface area contributed by atoms with E-state index in [0.717, 1.165) is 31.2 Å². The number of unbranched alkanes of at least 4 members (excludes halogenated alkanes) is 24. The van der Waals surface area contributed by atoms with Gasteiger partial charge < -0.3 is 14.2 Å². The van der Waals surface area contributed by atoms with E-state index in [4.69, 9.17) is 14.2 Å². The van der Waals surface area contributed by atoms with Gasteiger partial charge in [-0.15, -0.1) is 0 Å². The molecular formula is C42H74O5. The van der Waals surface area contributed by atoms with E-state index >= 15 is 0 Å². The monoisotopic (exact) mass is 659 g/mol. The zero-order valence-electron chi connectivity index (χ0n) is 30.9. The molecule has 0 saturated heterocycles. The van der Waals surface area contributed by atoms with Crippen LogP contribution >= 0.6 is 0 Å². The van der Waals surface area contributed by atoms with Gasteiger partial charge in [0.1, 0.15) is 6.61 Å². The Morgan fingerprint density at radius 3 is 1.30 bits per heavy atom. The minimum atomic E-state index is -0.580. The second-order valence-corrected chi connectivity index (χ2v) is 13.8. The van der Waals surface area contributed by atoms with Gasteiger partial charge in [0.25, 0.3) is 0 Å². The van der Waals surface area contributed by atoms with Crippen molar-refractivity contribution in [3.63, 3.8) is 0 Å². The molecule has 0 amide bonds. The number of carbonyl (C=O) groups is 2. The summed E-state index contributed by atoms with van der Waals surface area (Å²) >= 11 is 0. The van der Waals surface area contributed by atoms with Crippen molar-refractivity contribution in [1.82, 2.24) is 0 Å². The number of ether oxygens (including phenoxy) is 3. The van der Waals surface area contributed by atoms with Gasteiger partial charge in [0.2, 0.25) is 0 Å². The normalized spacial score (nSPS) is 11.9. The van der Waals surface area contributed by atoms with Crippen molar-refractivity contribution in [2.75, 3.05) is 13.2 Å². The van der Waals surface area contributed by atoms with Crippen LogP contribution in [0, 0.1) is 0 Å². The van der Waals surface area contributed by atoms with Crippen molar-refractivity contribution >= 4 is 11.9 Å². The third-order valence-electron chi connectivity index (χ3n) is 9.11. The lowest BCUT2D eigenvalue weighted by Crippen LogP contribution is -2.29. The molecule has 1 rings (SSSR count). The number of carbonyl (C=O) groups excluding carboxylic acids is 2. The molecule has 0 aliphatic carbocycles. The quantitative estimate of drug-likeness (QED) is 0.0536. The summed E-state index contributed by atoms with van der Waals surface area (Å²) in [4.78, 5) is 25.1. The molecule has 0 saturated carbocycles. The van der Waals surface area contributed by atoms with E-state index in [2.05, 4.69) is 13.8 Å². The fourth-order valence-corrected chi connectivity index (χ4v) is 6.08. The van der Waals surface area contributed by atoms with Crippen molar-refractivity contribution in [3.8, 4) is 0 Å². The van der Waals surface area contributed by atoms with Gasteiger partial charge in [-0.3, -0.25) is 9.59 Å². The fourth-order valence-electron chi connectivity index (χ4n) is 6.08. The fraction of sp³-hybridized carbons (Fsp3) is 0.810. The van der Waals surface area contributed by atoms with E-state index in [1.54, 1.807) is 0 Å². The van der Waals surface area contributed by atoms with Crippen LogP contribution in [0.2, 0.25) is 0 Å². The molecule has 0 unspecified atom stereocenters. The average molecular weight is 659 g/mol. The first kappa shape index (κ1) is 43.1. The van der Waals surface area contributed by atoms with Gasteiger partial charge in [-0.1, -0.05) is 198 Å². The lowest BCUT2D eigenvalue weighted by Gasteiger charge is -2.18. The molecule has 0 aromatic heterocycles. The Bertz CT molecular complexity index is 810. The molecule has 0 fully saturated rings. The number of hydrogen-bond acceptors (Lipinski definition) is 5. The van der Waals surface area contributed by atoms with Crippen molar-refractivity contribution in [2.45, 2.75) is 206 Å². The summed E-state index contributed by atoms with van der Waals surface area (Å²) in [7, 11) is 0. The zero-order valence-corrected chi connectivity index (χ0v) is 30.9. The first-order valence-electron chi connectivity index (χ1n) is 20.1. The molecule has 272 valence electrons. The molecule has 0 radical (unpaired) electrons. The van der Waals surface area contributed by atoms with E-state index in [1.807, 2.05) is 30.3 Å². The Kier molecular flexibility index (Phi) is 31.2. The number of hydrogen-bond donors (Lipinski definition) is 0. The smallest absolute Gasteiger partial charge is 0.306 e. The van der Waals surface area contributed by atoms with Crippen molar-refractivity contribution in [1.29, 1.82) is 0 Å². The number of esters is 2. The van der Waals surface area contributed by atoms with Crippen LogP contribution in [0.5, 0.6) is 0 Å². The van der Waals surface area contributed by atoms with Gasteiger partial charge in [0.05, 0.1) is 13.2 Å². The van der Waals surface area contributed by atoms with Crippen LogP contribution in [-0.4, -0.2) is 31.3 Å². The van der Waals surface area contributed by atoms with Gasteiger partial charge in [-0.2, -0.15) is 0 Å². The third-order valence-corrected chi connectivity index (χ3v) is 9.11. The van der Waals surface area contributed by atoms with Crippen molar-refractivity contribution in [3.05, 3.63) is 35.9 Å². The first-order chi connectivity index (χ1) is 23.2. The summed E-state index contributed by atoms with van der Waals surface area (Å²) in [5.41, 5.74) is 1.06. The molecule has 1 atom stereocenters. The molecule has 5 heteroatoms. The zero-order chi connectivity index (χ0) is 33.9. The maximum Gasteiger partial charge on any atom is 0.306 e. The van der Waals surface area contributed by atoms with Gasteiger partial charge >= 0.3 is 11.9 Å². The standard InChI is InChI=1S/C42H74O5/c1-3-5-7-9-11-13-15-17-19-21-23-25-30-34-41(43)46-38-40(37-45-36-39-32-28-27-29-33-39)47-42(44)35-31-26-24-22-20-18-16-14-12-10-8-6-4-2/h27-29,32-33,40H,3-26,30-31,34-38H2,1-2H3/t40-/m0/s1. The summed E-state index contributed by atoms with van der Waals surface area (Å²) in [6.07, 6.45) is 33.4. The van der Waals surface area contributed by atoms with Gasteiger partial charge in [-0.05, 0) is 18.4 Å². The highest BCUT2D eigenvalue weighted by molar-refractivity contribution is 5.70. The predicted octanol–water partition coefficient (Wildman–Crippen LogP) is 12.6. The Hall–Kier alpha value is -1.88. The molecule has 1 aromatic rings. The second kappa shape index (κ2) is 34.0. The van der Waals surface area contributed by atoms with E-state index in [1.165, 1.54) is 141 Å². The van der Waals surface area contributed by atoms with Crippen LogP contribution < -0.4 is 0 Å². The highest BCUT2D eigenvalue weighted by Gasteiger charge is 2.17. The Balaban J connectivity index is 2.17. The highest BCUT2D eigenvalue weighted by Crippen LogP contribution is 2.15. The van der Waals surface area contributed by atoms with Crippen LogP contribution in [0.3, 0.4) is 0 Å². The van der Waals surface area contributed by atoms with Crippen LogP contribution in [-0.2, 0) is 30.4 Å². The molecule has 0 N–H and O–H groups in total. The molecule has 1 aromatic carbocycles. The van der Waals surface area contributed by atoms with Gasteiger partial charge in [0, 0.05) is 12.8 Å². The Labute approximate surface area is 290 Å². The van der Waals surface area contributed by atoms with Gasteiger partial charge in [-0.25, -0.2) is 0 Å². The summed E-state index contributed by atoms with van der Waals surface area (Å²) in [6, 6.07) is 9.94. The van der Waals surface area contributed by atoms with Crippen LogP contribution in [0.15, 0.2) is 30.3 Å². The predicted molar refractivity (Wildman–Crippen MR) is 198 cm³/mol. The van der Waals surface area contributed by atoms with E-state index in [9.17, 15) is 9.59 Å². The van der Waals surface area contributed by atoms with Crippen molar-refractivity contribution < 1.29 is 23.8 Å². The van der Waals surface area contributed by atoms with Crippen molar-refractivity contribution in [2.24, 2.45) is 0 Å². The molecule has 0 aliphatic rings. The molecule has 0 heterocycles. The Morgan fingerprint density at radius 1 is 0.489 bits per heavy atom. The molecular weight excluding hydrogens is 584 g/mol. The molecule has 0 bridgehead atoms. The molecule has 47 heavy (non-hydrogen) atoms. The van der Waals surface area contributed by atoms with Crippen LogP contribution in [0.25, 0.3) is 0 Å². The second-order valence-electron chi connectivity index (χ2n) is 13.8. The minimum Gasteiger partial charge on any atom is -0.462 e. The first-order valence-corrected chi connectivity index (χ1v) is 20.1. The van der Waals surface area contributed by atoms with E-state index in [0.29, 0.717) is 19.4 Å². The largest absolute Gasteiger partial charge is 0.462 e. The molecule has 5 nitrogen and oxygen atoms in total. The molecule has 0 spiro atoms.